The first-order valence-corrected chi connectivity index (χ1v) is 5.92. The van der Waals surface area contributed by atoms with E-state index in [1.54, 1.807) is 13.2 Å². The smallest absolute Gasteiger partial charge is 0.293 e. The van der Waals surface area contributed by atoms with Crippen LogP contribution in [0.5, 0.6) is 0 Å². The van der Waals surface area contributed by atoms with Crippen LogP contribution >= 0.6 is 0 Å². The van der Waals surface area contributed by atoms with Crippen molar-refractivity contribution < 1.29 is 9.66 Å². The maximum absolute atomic E-state index is 10.9. The number of nitrogens with two attached hydrogens (primary N) is 1. The summed E-state index contributed by atoms with van der Waals surface area (Å²) in [4.78, 5) is 12.6. The van der Waals surface area contributed by atoms with Crippen LogP contribution in [0.25, 0.3) is 0 Å². The molecule has 0 radical (unpaired) electrons. The lowest BCUT2D eigenvalue weighted by molar-refractivity contribution is -0.384. The summed E-state index contributed by atoms with van der Waals surface area (Å²) in [6.45, 7) is 3.25. The van der Waals surface area contributed by atoms with Crippen molar-refractivity contribution in [3.63, 3.8) is 0 Å². The molecule has 1 rings (SSSR count). The highest BCUT2D eigenvalue weighted by Gasteiger charge is 2.15. The monoisotopic (exact) mass is 268 g/mol. The molecule has 7 heteroatoms. The molecule has 3 N–H and O–H groups in total. The van der Waals surface area contributed by atoms with Gasteiger partial charge in [0, 0.05) is 25.8 Å². The first-order valence-electron chi connectivity index (χ1n) is 5.92. The van der Waals surface area contributed by atoms with Gasteiger partial charge in [0.05, 0.1) is 11.5 Å². The summed E-state index contributed by atoms with van der Waals surface area (Å²) in [5, 5.41) is 10.9. The maximum atomic E-state index is 10.9. The van der Waals surface area contributed by atoms with E-state index in [0.717, 1.165) is 5.56 Å². The largest absolute Gasteiger partial charge is 0.383 e. The van der Waals surface area contributed by atoms with E-state index < -0.39 is 4.92 Å². The molecule has 1 aromatic rings. The molecule has 0 aliphatic carbocycles. The van der Waals surface area contributed by atoms with Crippen LogP contribution in [0.15, 0.2) is 18.2 Å². The van der Waals surface area contributed by atoms with Crippen molar-refractivity contribution in [1.82, 2.24) is 4.90 Å². The zero-order chi connectivity index (χ0) is 14.4. The first-order chi connectivity index (χ1) is 8.99. The summed E-state index contributed by atoms with van der Waals surface area (Å²) in [6.07, 6.45) is 0. The van der Waals surface area contributed by atoms with Gasteiger partial charge in [-0.3, -0.25) is 20.9 Å². The standard InChI is InChI=1S/C12H20N4O3/c1-9(8-19-3)15(2)7-10-4-5-11(14-13)12(6-10)16(17)18/h4-6,9,14H,7-8,13H2,1-3H3. The van der Waals surface area contributed by atoms with Gasteiger partial charge in [-0.1, -0.05) is 6.07 Å². The van der Waals surface area contributed by atoms with Crippen molar-refractivity contribution in [3.05, 3.63) is 33.9 Å². The van der Waals surface area contributed by atoms with Gasteiger partial charge in [-0.15, -0.1) is 0 Å². The fourth-order valence-corrected chi connectivity index (χ4v) is 1.76. The van der Waals surface area contributed by atoms with E-state index in [2.05, 4.69) is 10.3 Å². The lowest BCUT2D eigenvalue weighted by atomic mass is 10.1. The van der Waals surface area contributed by atoms with Gasteiger partial charge in [-0.05, 0) is 25.6 Å². The van der Waals surface area contributed by atoms with Gasteiger partial charge in [0.1, 0.15) is 5.69 Å². The molecule has 0 spiro atoms. The quantitative estimate of drug-likeness (QED) is 0.440. The maximum Gasteiger partial charge on any atom is 0.293 e. The van der Waals surface area contributed by atoms with Gasteiger partial charge in [-0.25, -0.2) is 0 Å². The molecule has 0 aliphatic heterocycles. The average Bonchev–Trinajstić information content (AvgIpc) is 2.38. The summed E-state index contributed by atoms with van der Waals surface area (Å²) in [7, 11) is 3.60. The molecule has 0 fully saturated rings. The van der Waals surface area contributed by atoms with Crippen LogP contribution in [0.2, 0.25) is 0 Å². The lowest BCUT2D eigenvalue weighted by Crippen LogP contribution is -2.32. The Morgan fingerprint density at radius 2 is 2.26 bits per heavy atom. The zero-order valence-electron chi connectivity index (χ0n) is 11.4. The minimum Gasteiger partial charge on any atom is -0.383 e. The number of hydrogen-bond acceptors (Lipinski definition) is 6. The molecular formula is C12H20N4O3. The molecule has 19 heavy (non-hydrogen) atoms. The summed E-state index contributed by atoms with van der Waals surface area (Å²) in [5.41, 5.74) is 3.47. The highest BCUT2D eigenvalue weighted by molar-refractivity contribution is 5.61. The van der Waals surface area contributed by atoms with Crippen molar-refractivity contribution in [3.8, 4) is 0 Å². The molecule has 1 aromatic carbocycles. The van der Waals surface area contributed by atoms with Crippen molar-refractivity contribution in [2.24, 2.45) is 5.84 Å². The van der Waals surface area contributed by atoms with Gasteiger partial charge >= 0.3 is 0 Å². The third-order valence-electron chi connectivity index (χ3n) is 3.01. The zero-order valence-corrected chi connectivity index (χ0v) is 11.4. The normalized spacial score (nSPS) is 12.5. The van der Waals surface area contributed by atoms with Crippen molar-refractivity contribution >= 4 is 11.4 Å². The van der Waals surface area contributed by atoms with E-state index >= 15 is 0 Å². The Bertz CT molecular complexity index is 439. The second kappa shape index (κ2) is 7.03. The van der Waals surface area contributed by atoms with Crippen LogP contribution in [0.1, 0.15) is 12.5 Å². The molecule has 106 valence electrons. The number of nitro benzene ring substituents is 1. The highest BCUT2D eigenvalue weighted by Crippen LogP contribution is 2.25. The molecule has 0 aromatic heterocycles. The minimum absolute atomic E-state index is 0.0206. The van der Waals surface area contributed by atoms with Crippen LogP contribution in [-0.2, 0) is 11.3 Å². The Morgan fingerprint density at radius 3 is 2.79 bits per heavy atom. The number of hydrogen-bond donors (Lipinski definition) is 2. The van der Waals surface area contributed by atoms with Gasteiger partial charge in [0.25, 0.3) is 5.69 Å². The number of nitrogens with zero attached hydrogens (tertiary/aromatic N) is 2. The third-order valence-corrected chi connectivity index (χ3v) is 3.01. The summed E-state index contributed by atoms with van der Waals surface area (Å²) >= 11 is 0. The van der Waals surface area contributed by atoms with Crippen LogP contribution in [0.3, 0.4) is 0 Å². The Kier molecular flexibility index (Phi) is 5.68. The fourth-order valence-electron chi connectivity index (χ4n) is 1.76. The number of rotatable bonds is 7. The van der Waals surface area contributed by atoms with Gasteiger partial charge in [-0.2, -0.15) is 0 Å². The molecule has 0 bridgehead atoms. The predicted octanol–water partition coefficient (Wildman–Crippen LogP) is 1.35. The van der Waals surface area contributed by atoms with Crippen LogP contribution in [0.4, 0.5) is 11.4 Å². The fraction of sp³-hybridized carbons (Fsp3) is 0.500. The van der Waals surface area contributed by atoms with Crippen LogP contribution in [0, 0.1) is 10.1 Å². The van der Waals surface area contributed by atoms with E-state index in [1.165, 1.54) is 6.07 Å². The second-order valence-corrected chi connectivity index (χ2v) is 4.47. The topological polar surface area (TPSA) is 93.7 Å². The van der Waals surface area contributed by atoms with Gasteiger partial charge in [0.2, 0.25) is 0 Å². The van der Waals surface area contributed by atoms with E-state index in [1.807, 2.05) is 20.0 Å². The number of hydrazine groups is 1. The summed E-state index contributed by atoms with van der Waals surface area (Å²) < 4.78 is 5.08. The van der Waals surface area contributed by atoms with Crippen molar-refractivity contribution in [2.75, 3.05) is 26.2 Å². The SMILES string of the molecule is COCC(C)N(C)Cc1ccc(NN)c([N+](=O)[O-])c1. The van der Waals surface area contributed by atoms with Crippen LogP contribution < -0.4 is 11.3 Å². The molecule has 0 saturated carbocycles. The molecular weight excluding hydrogens is 248 g/mol. The van der Waals surface area contributed by atoms with E-state index in [9.17, 15) is 10.1 Å². The molecule has 7 nitrogen and oxygen atoms in total. The number of nitrogens with one attached hydrogen (secondary N) is 1. The highest BCUT2D eigenvalue weighted by atomic mass is 16.6. The molecule has 0 heterocycles. The molecule has 1 unspecified atom stereocenters. The molecule has 0 saturated heterocycles. The first kappa shape index (κ1) is 15.4. The summed E-state index contributed by atoms with van der Waals surface area (Å²) in [6, 6.07) is 5.20. The number of benzene rings is 1. The number of methoxy groups -OCH3 is 1. The lowest BCUT2D eigenvalue weighted by Gasteiger charge is -2.24. The summed E-state index contributed by atoms with van der Waals surface area (Å²) in [5.74, 6) is 5.25. The molecule has 1 atom stereocenters. The predicted molar refractivity (Wildman–Crippen MR) is 73.7 cm³/mol. The molecule has 0 amide bonds. The average molecular weight is 268 g/mol. The number of nitro groups is 1. The Labute approximate surface area is 112 Å². The number of anilines is 1. The van der Waals surface area contributed by atoms with E-state index in [4.69, 9.17) is 10.6 Å². The number of likely N-dealkylation sites (N-methyl/N-ethyl adjacent to an activating group) is 1. The molecule has 0 aliphatic rings. The van der Waals surface area contributed by atoms with Gasteiger partial charge in [0.15, 0.2) is 0 Å². The third kappa shape index (κ3) is 4.16. The number of ether oxygens (including phenoxy) is 1. The van der Waals surface area contributed by atoms with Crippen LogP contribution in [-0.4, -0.2) is 36.6 Å². The van der Waals surface area contributed by atoms with E-state index in [-0.39, 0.29) is 11.7 Å². The second-order valence-electron chi connectivity index (χ2n) is 4.47. The Hall–Kier alpha value is -1.70. The Balaban J connectivity index is 2.85. The van der Waals surface area contributed by atoms with E-state index in [0.29, 0.717) is 18.8 Å². The number of nitrogen functional groups attached to an aromatic ring is 1. The minimum atomic E-state index is -0.447. The van der Waals surface area contributed by atoms with Crippen molar-refractivity contribution in [1.29, 1.82) is 0 Å². The van der Waals surface area contributed by atoms with Gasteiger partial charge < -0.3 is 10.2 Å². The Morgan fingerprint density at radius 1 is 1.58 bits per heavy atom. The van der Waals surface area contributed by atoms with Crippen molar-refractivity contribution in [2.45, 2.75) is 19.5 Å².